The number of rotatable bonds is 7. The maximum atomic E-state index is 14.4. The summed E-state index contributed by atoms with van der Waals surface area (Å²) in [6.07, 6.45) is 3.58. The fourth-order valence-electron chi connectivity index (χ4n) is 5.08. The molecule has 0 aliphatic carbocycles. The van der Waals surface area contributed by atoms with Crippen LogP contribution in [0.4, 0.5) is 27.4 Å². The number of aromatic nitrogens is 4. The first-order chi connectivity index (χ1) is 21.9. The van der Waals surface area contributed by atoms with Gasteiger partial charge in [0.05, 0.1) is 28.6 Å². The largest absolute Gasteiger partial charge is 0.370 e. The smallest absolute Gasteiger partial charge is 0.260 e. The molecule has 0 atom stereocenters. The zero-order chi connectivity index (χ0) is 30.9. The molecule has 1 aliphatic heterocycles. The summed E-state index contributed by atoms with van der Waals surface area (Å²) in [5.74, 6) is -1.06. The summed E-state index contributed by atoms with van der Waals surface area (Å²) in [6, 6.07) is 20.5. The molecule has 0 saturated carbocycles. The van der Waals surface area contributed by atoms with Gasteiger partial charge in [-0.15, -0.1) is 11.3 Å². The van der Waals surface area contributed by atoms with Gasteiger partial charge in [0.1, 0.15) is 18.1 Å². The van der Waals surface area contributed by atoms with Crippen molar-refractivity contribution >= 4 is 62.7 Å². The third-order valence-corrected chi connectivity index (χ3v) is 8.24. The van der Waals surface area contributed by atoms with Crippen LogP contribution in [0.5, 0.6) is 0 Å². The van der Waals surface area contributed by atoms with Crippen molar-refractivity contribution < 1.29 is 18.7 Å². The predicted octanol–water partition coefficient (Wildman–Crippen LogP) is 6.67. The summed E-state index contributed by atoms with van der Waals surface area (Å²) in [4.78, 5) is 41.6. The minimum atomic E-state index is -0.705. The van der Waals surface area contributed by atoms with Gasteiger partial charge in [-0.3, -0.25) is 14.0 Å². The number of halogens is 2. The normalized spacial score (nSPS) is 13.3. The monoisotopic (exact) mass is 639 g/mol. The van der Waals surface area contributed by atoms with Crippen molar-refractivity contribution in [3.63, 3.8) is 0 Å². The predicted molar refractivity (Wildman–Crippen MR) is 172 cm³/mol. The van der Waals surface area contributed by atoms with Crippen molar-refractivity contribution in [2.45, 2.75) is 0 Å². The number of ether oxygens (including phenoxy) is 1. The highest BCUT2D eigenvalue weighted by atomic mass is 35.5. The van der Waals surface area contributed by atoms with E-state index in [1.54, 1.807) is 35.4 Å². The molecular weight excluding hydrogens is 617 g/mol. The maximum Gasteiger partial charge on any atom is 0.260 e. The van der Waals surface area contributed by atoms with Crippen molar-refractivity contribution in [3.8, 4) is 22.6 Å². The van der Waals surface area contributed by atoms with E-state index < -0.39 is 11.7 Å². The van der Waals surface area contributed by atoms with E-state index in [-0.39, 0.29) is 23.1 Å². The van der Waals surface area contributed by atoms with E-state index >= 15 is 0 Å². The molecule has 0 bridgehead atoms. The molecule has 13 heteroatoms. The zero-order valence-electron chi connectivity index (χ0n) is 23.4. The van der Waals surface area contributed by atoms with Gasteiger partial charge in [0.25, 0.3) is 11.8 Å². The second-order valence-electron chi connectivity index (χ2n) is 10.0. The molecular formula is C32H23ClFN7O3S. The van der Waals surface area contributed by atoms with Gasteiger partial charge in [-0.2, -0.15) is 0 Å². The first-order valence-electron chi connectivity index (χ1n) is 13.8. The summed E-state index contributed by atoms with van der Waals surface area (Å²) >= 11 is 7.58. The molecule has 1 aliphatic rings. The topological polar surface area (TPSA) is 114 Å². The number of nitrogens with zero attached hydrogens (tertiary/aromatic N) is 5. The Hall–Kier alpha value is -5.17. The van der Waals surface area contributed by atoms with E-state index in [9.17, 15) is 14.0 Å². The molecule has 45 heavy (non-hydrogen) atoms. The van der Waals surface area contributed by atoms with Gasteiger partial charge in [-0.1, -0.05) is 29.8 Å². The molecule has 2 amide bonds. The van der Waals surface area contributed by atoms with Crippen molar-refractivity contribution in [3.05, 3.63) is 107 Å². The standard InChI is InChI=1S/C32H23ClFN7O3S/c33-23-5-2-6-24(34)27(23)30(43)36-21-4-1-3-19(17-21)28-29(41-14-16-45-32(41)39-28)25-11-12-35-31(38-25)37-20-7-9-22(10-8-20)40-13-15-44-18-26(40)42/h1-12,14,16-17H,13,15,18H2,(H,36,43)(H,35,37,38). The van der Waals surface area contributed by atoms with Crippen LogP contribution in [0.3, 0.4) is 0 Å². The van der Waals surface area contributed by atoms with E-state index in [1.807, 2.05) is 46.3 Å². The Kier molecular flexibility index (Phi) is 7.67. The SMILES string of the molecule is O=C(Nc1cccc(-c2nc3sccn3c2-c2ccnc(Nc3ccc(N4CCOCC4=O)cc3)n2)c1)c1c(F)cccc1Cl. The molecule has 0 unspecified atom stereocenters. The summed E-state index contributed by atoms with van der Waals surface area (Å²) in [5, 5.41) is 7.94. The number of imidazole rings is 1. The minimum Gasteiger partial charge on any atom is -0.370 e. The lowest BCUT2D eigenvalue weighted by Crippen LogP contribution is -2.41. The second kappa shape index (κ2) is 12.1. The van der Waals surface area contributed by atoms with Gasteiger partial charge < -0.3 is 20.3 Å². The van der Waals surface area contributed by atoms with Crippen molar-refractivity contribution in [2.75, 3.05) is 35.3 Å². The third kappa shape index (κ3) is 5.74. The molecule has 2 N–H and O–H groups in total. The van der Waals surface area contributed by atoms with Gasteiger partial charge in [0.15, 0.2) is 4.96 Å². The van der Waals surface area contributed by atoms with Gasteiger partial charge >= 0.3 is 0 Å². The number of thiazole rings is 1. The lowest BCUT2D eigenvalue weighted by molar-refractivity contribution is -0.125. The highest BCUT2D eigenvalue weighted by molar-refractivity contribution is 7.15. The number of carbonyl (C=O) groups excluding carboxylic acids is 2. The second-order valence-corrected chi connectivity index (χ2v) is 11.3. The molecule has 1 saturated heterocycles. The van der Waals surface area contributed by atoms with E-state index in [1.165, 1.54) is 29.5 Å². The van der Waals surface area contributed by atoms with Crippen LogP contribution in [0.1, 0.15) is 10.4 Å². The van der Waals surface area contributed by atoms with Crippen LogP contribution in [0.15, 0.2) is 90.6 Å². The maximum absolute atomic E-state index is 14.4. The Balaban J connectivity index is 1.17. The molecule has 4 heterocycles. The molecule has 10 nitrogen and oxygen atoms in total. The van der Waals surface area contributed by atoms with Crippen molar-refractivity contribution in [1.82, 2.24) is 19.4 Å². The Morgan fingerprint density at radius 2 is 1.87 bits per heavy atom. The van der Waals surface area contributed by atoms with Crippen LogP contribution in [0.2, 0.25) is 5.02 Å². The quantitative estimate of drug-likeness (QED) is 0.201. The Morgan fingerprint density at radius 1 is 1.02 bits per heavy atom. The average Bonchev–Trinajstić information content (AvgIpc) is 3.64. The highest BCUT2D eigenvalue weighted by Crippen LogP contribution is 2.35. The number of hydrogen-bond donors (Lipinski definition) is 2. The fraction of sp³-hybridized carbons (Fsp3) is 0.0938. The fourth-order valence-corrected chi connectivity index (χ4v) is 6.04. The zero-order valence-corrected chi connectivity index (χ0v) is 25.0. The van der Waals surface area contributed by atoms with Crippen LogP contribution in [-0.4, -0.2) is 50.9 Å². The molecule has 224 valence electrons. The molecule has 0 spiro atoms. The summed E-state index contributed by atoms with van der Waals surface area (Å²) in [7, 11) is 0. The molecule has 6 aromatic rings. The van der Waals surface area contributed by atoms with Crippen LogP contribution >= 0.6 is 22.9 Å². The highest BCUT2D eigenvalue weighted by Gasteiger charge is 2.22. The first kappa shape index (κ1) is 28.6. The van der Waals surface area contributed by atoms with Gasteiger partial charge in [-0.05, 0) is 54.6 Å². The van der Waals surface area contributed by atoms with Gasteiger partial charge in [0.2, 0.25) is 5.95 Å². The van der Waals surface area contributed by atoms with E-state index in [4.69, 9.17) is 26.3 Å². The molecule has 3 aromatic heterocycles. The number of carbonyl (C=O) groups is 2. The lowest BCUT2D eigenvalue weighted by atomic mass is 10.1. The number of anilines is 4. The summed E-state index contributed by atoms with van der Waals surface area (Å²) in [6.45, 7) is 1.09. The number of nitrogens with one attached hydrogen (secondary N) is 2. The molecule has 0 radical (unpaired) electrons. The minimum absolute atomic E-state index is 0.0246. The van der Waals surface area contributed by atoms with Crippen LogP contribution in [0, 0.1) is 5.82 Å². The summed E-state index contributed by atoms with van der Waals surface area (Å²) < 4.78 is 21.5. The number of morpholine rings is 1. The number of hydrogen-bond acceptors (Lipinski definition) is 8. The Bertz CT molecular complexity index is 2040. The van der Waals surface area contributed by atoms with E-state index in [0.29, 0.717) is 36.2 Å². The van der Waals surface area contributed by atoms with Crippen molar-refractivity contribution in [2.24, 2.45) is 0 Å². The van der Waals surface area contributed by atoms with E-state index in [0.717, 1.165) is 27.6 Å². The van der Waals surface area contributed by atoms with E-state index in [2.05, 4.69) is 15.6 Å². The Morgan fingerprint density at radius 3 is 2.69 bits per heavy atom. The molecule has 1 fully saturated rings. The van der Waals surface area contributed by atoms with Crippen LogP contribution in [0.25, 0.3) is 27.6 Å². The van der Waals surface area contributed by atoms with Crippen molar-refractivity contribution in [1.29, 1.82) is 0 Å². The first-order valence-corrected chi connectivity index (χ1v) is 15.1. The van der Waals surface area contributed by atoms with Crippen LogP contribution < -0.4 is 15.5 Å². The molecule has 3 aromatic carbocycles. The number of amides is 2. The van der Waals surface area contributed by atoms with Gasteiger partial charge in [-0.25, -0.2) is 19.3 Å². The Labute approximate surface area is 265 Å². The molecule has 7 rings (SSSR count). The number of benzene rings is 3. The summed E-state index contributed by atoms with van der Waals surface area (Å²) in [5.41, 5.74) is 4.50. The van der Waals surface area contributed by atoms with Crippen LogP contribution in [-0.2, 0) is 9.53 Å². The lowest BCUT2D eigenvalue weighted by Gasteiger charge is -2.26. The third-order valence-electron chi connectivity index (χ3n) is 7.16. The van der Waals surface area contributed by atoms with Gasteiger partial charge in [0, 0.05) is 46.9 Å². The average molecular weight is 640 g/mol. The number of fused-ring (bicyclic) bond motifs is 1.